The lowest BCUT2D eigenvalue weighted by atomic mass is 9.77. The second-order valence-corrected chi connectivity index (χ2v) is 9.60. The van der Waals surface area contributed by atoms with E-state index in [0.717, 1.165) is 17.8 Å². The Hall–Kier alpha value is -1.48. The van der Waals surface area contributed by atoms with Crippen molar-refractivity contribution in [2.24, 2.45) is 11.8 Å². The van der Waals surface area contributed by atoms with Crippen LogP contribution in [0.15, 0.2) is 35.9 Å². The molecule has 0 spiro atoms. The smallest absolute Gasteiger partial charge is 0.0249 e. The van der Waals surface area contributed by atoms with Gasteiger partial charge in [-0.1, -0.05) is 88.8 Å². The van der Waals surface area contributed by atoms with Gasteiger partial charge in [-0.25, -0.2) is 0 Å². The van der Waals surface area contributed by atoms with Crippen molar-refractivity contribution in [2.45, 2.75) is 110 Å². The number of benzene rings is 1. The van der Waals surface area contributed by atoms with Gasteiger partial charge in [0.15, 0.2) is 0 Å². The van der Waals surface area contributed by atoms with Crippen molar-refractivity contribution in [1.82, 2.24) is 0 Å². The average Bonchev–Trinajstić information content (AvgIpc) is 2.78. The molecule has 158 valence electrons. The summed E-state index contributed by atoms with van der Waals surface area (Å²) in [6.45, 7) is 4.60. The second kappa shape index (κ2) is 12.3. The zero-order chi connectivity index (χ0) is 20.3. The molecule has 0 heterocycles. The van der Waals surface area contributed by atoms with Crippen molar-refractivity contribution in [1.29, 1.82) is 0 Å². The molecular formula is C29H42. The predicted octanol–water partition coefficient (Wildman–Crippen LogP) is 8.81. The zero-order valence-electron chi connectivity index (χ0n) is 19.0. The van der Waals surface area contributed by atoms with Gasteiger partial charge in [0, 0.05) is 5.56 Å². The molecule has 1 unspecified atom stereocenters. The maximum atomic E-state index is 3.45. The molecule has 3 rings (SSSR count). The van der Waals surface area contributed by atoms with Gasteiger partial charge in [0.25, 0.3) is 0 Å². The fourth-order valence-electron chi connectivity index (χ4n) is 5.22. The predicted molar refractivity (Wildman–Crippen MR) is 127 cm³/mol. The molecule has 0 heteroatoms. The summed E-state index contributed by atoms with van der Waals surface area (Å²) in [4.78, 5) is 0. The molecule has 0 saturated heterocycles. The molecule has 1 saturated carbocycles. The van der Waals surface area contributed by atoms with Gasteiger partial charge in [0.2, 0.25) is 0 Å². The van der Waals surface area contributed by atoms with Gasteiger partial charge in [-0.3, -0.25) is 0 Å². The van der Waals surface area contributed by atoms with Crippen LogP contribution < -0.4 is 0 Å². The summed E-state index contributed by atoms with van der Waals surface area (Å²) >= 11 is 0. The summed E-state index contributed by atoms with van der Waals surface area (Å²) in [7, 11) is 0. The van der Waals surface area contributed by atoms with E-state index in [1.165, 1.54) is 101 Å². The first-order valence-corrected chi connectivity index (χ1v) is 12.6. The van der Waals surface area contributed by atoms with E-state index >= 15 is 0 Å². The molecule has 0 aromatic heterocycles. The Kier molecular flexibility index (Phi) is 9.40. The first-order chi connectivity index (χ1) is 14.3. The molecule has 1 aromatic rings. The summed E-state index contributed by atoms with van der Waals surface area (Å²) in [5.74, 6) is 9.55. The van der Waals surface area contributed by atoms with Crippen molar-refractivity contribution in [2.75, 3.05) is 0 Å². The molecule has 0 N–H and O–H groups in total. The molecule has 0 nitrogen and oxygen atoms in total. The standard InChI is InChI=1S/C29H42/c1-3-5-7-9-25-16-20-28(21-17-25)29-22-18-27(19-23-29)15-14-26-12-10-24(11-13-26)8-6-4-2/h12,18-19,22-25,28H,3-11,13,16-17,20-21H2,1-2H3. The van der Waals surface area contributed by atoms with Crippen molar-refractivity contribution < 1.29 is 0 Å². The van der Waals surface area contributed by atoms with Gasteiger partial charge in [0.1, 0.15) is 0 Å². The van der Waals surface area contributed by atoms with Crippen LogP contribution in [0.4, 0.5) is 0 Å². The molecule has 0 aliphatic heterocycles. The van der Waals surface area contributed by atoms with Gasteiger partial charge in [-0.15, -0.1) is 0 Å². The second-order valence-electron chi connectivity index (χ2n) is 9.60. The number of hydrogen-bond acceptors (Lipinski definition) is 0. The highest BCUT2D eigenvalue weighted by Crippen LogP contribution is 2.37. The van der Waals surface area contributed by atoms with Crippen LogP contribution in [0.1, 0.15) is 121 Å². The summed E-state index contributed by atoms with van der Waals surface area (Å²) in [5.41, 5.74) is 4.08. The fraction of sp³-hybridized carbons (Fsp3) is 0.655. The summed E-state index contributed by atoms with van der Waals surface area (Å²) in [6, 6.07) is 9.20. The van der Waals surface area contributed by atoms with Gasteiger partial charge >= 0.3 is 0 Å². The van der Waals surface area contributed by atoms with Crippen molar-refractivity contribution in [3.8, 4) is 11.8 Å². The highest BCUT2D eigenvalue weighted by atomic mass is 14.3. The molecular weight excluding hydrogens is 348 g/mol. The number of rotatable bonds is 8. The van der Waals surface area contributed by atoms with Crippen molar-refractivity contribution in [3.63, 3.8) is 0 Å². The third-order valence-corrected chi connectivity index (χ3v) is 7.30. The monoisotopic (exact) mass is 390 g/mol. The van der Waals surface area contributed by atoms with Crippen LogP contribution in [0.25, 0.3) is 0 Å². The van der Waals surface area contributed by atoms with Crippen LogP contribution >= 0.6 is 0 Å². The minimum atomic E-state index is 0.778. The number of allylic oxidation sites excluding steroid dienone is 2. The van der Waals surface area contributed by atoms with Crippen LogP contribution in [0, 0.1) is 23.7 Å². The minimum absolute atomic E-state index is 0.778. The van der Waals surface area contributed by atoms with Gasteiger partial charge in [-0.2, -0.15) is 0 Å². The van der Waals surface area contributed by atoms with Crippen LogP contribution in [0.3, 0.4) is 0 Å². The highest BCUT2D eigenvalue weighted by molar-refractivity contribution is 5.42. The van der Waals surface area contributed by atoms with E-state index in [0.29, 0.717) is 0 Å². The zero-order valence-corrected chi connectivity index (χ0v) is 19.0. The third-order valence-electron chi connectivity index (χ3n) is 7.30. The third kappa shape index (κ3) is 7.37. The average molecular weight is 391 g/mol. The van der Waals surface area contributed by atoms with E-state index in [2.05, 4.69) is 56.0 Å². The van der Waals surface area contributed by atoms with Crippen molar-refractivity contribution in [3.05, 3.63) is 47.0 Å². The first-order valence-electron chi connectivity index (χ1n) is 12.6. The van der Waals surface area contributed by atoms with Crippen LogP contribution in [0.5, 0.6) is 0 Å². The Morgan fingerprint density at radius 2 is 1.48 bits per heavy atom. The lowest BCUT2D eigenvalue weighted by Crippen LogP contribution is -2.13. The molecule has 0 radical (unpaired) electrons. The molecule has 0 amide bonds. The molecule has 29 heavy (non-hydrogen) atoms. The molecule has 1 fully saturated rings. The molecule has 0 bridgehead atoms. The van der Waals surface area contributed by atoms with Gasteiger partial charge in [-0.05, 0) is 86.0 Å². The van der Waals surface area contributed by atoms with Crippen LogP contribution in [-0.4, -0.2) is 0 Å². The Morgan fingerprint density at radius 1 is 0.759 bits per heavy atom. The minimum Gasteiger partial charge on any atom is -0.0726 e. The quantitative estimate of drug-likeness (QED) is 0.307. The van der Waals surface area contributed by atoms with Crippen LogP contribution in [0.2, 0.25) is 0 Å². The Morgan fingerprint density at radius 3 is 2.14 bits per heavy atom. The lowest BCUT2D eigenvalue weighted by Gasteiger charge is -2.29. The maximum Gasteiger partial charge on any atom is 0.0249 e. The molecule has 2 aliphatic carbocycles. The van der Waals surface area contributed by atoms with Crippen molar-refractivity contribution >= 4 is 0 Å². The van der Waals surface area contributed by atoms with E-state index in [4.69, 9.17) is 0 Å². The summed E-state index contributed by atoms with van der Waals surface area (Å²) in [5, 5.41) is 0. The molecule has 2 aliphatic rings. The van der Waals surface area contributed by atoms with E-state index in [-0.39, 0.29) is 0 Å². The highest BCUT2D eigenvalue weighted by Gasteiger charge is 2.21. The van der Waals surface area contributed by atoms with E-state index < -0.39 is 0 Å². The van der Waals surface area contributed by atoms with E-state index in [1.807, 2.05) is 0 Å². The Bertz CT molecular complexity index is 673. The van der Waals surface area contributed by atoms with E-state index in [9.17, 15) is 0 Å². The molecule has 1 atom stereocenters. The lowest BCUT2D eigenvalue weighted by molar-refractivity contribution is 0.303. The Balaban J connectivity index is 1.46. The van der Waals surface area contributed by atoms with E-state index in [1.54, 1.807) is 5.56 Å². The maximum absolute atomic E-state index is 3.45. The summed E-state index contributed by atoms with van der Waals surface area (Å²) in [6.07, 6.45) is 21.6. The first kappa shape index (κ1) is 22.2. The van der Waals surface area contributed by atoms with Gasteiger partial charge in [0.05, 0.1) is 0 Å². The number of hydrogen-bond donors (Lipinski definition) is 0. The fourth-order valence-corrected chi connectivity index (χ4v) is 5.22. The largest absolute Gasteiger partial charge is 0.0726 e. The normalized spacial score (nSPS) is 24.5. The SMILES string of the molecule is CCCCCC1CCC(c2ccc(C#CC3=CCC(CCCC)CC3)cc2)CC1. The topological polar surface area (TPSA) is 0 Å². The summed E-state index contributed by atoms with van der Waals surface area (Å²) < 4.78 is 0. The van der Waals surface area contributed by atoms with Crippen LogP contribution in [-0.2, 0) is 0 Å². The molecule has 1 aromatic carbocycles. The van der Waals surface area contributed by atoms with Gasteiger partial charge < -0.3 is 0 Å². The Labute approximate surface area is 180 Å². The number of unbranched alkanes of at least 4 members (excludes halogenated alkanes) is 3.